The van der Waals surface area contributed by atoms with Crippen LogP contribution in [0.4, 0.5) is 5.69 Å². The van der Waals surface area contributed by atoms with Crippen LogP contribution in [0.1, 0.15) is 33.3 Å². The number of hydrogen-bond donors (Lipinski definition) is 1. The molecule has 10 nitrogen and oxygen atoms in total. The summed E-state index contributed by atoms with van der Waals surface area (Å²) < 4.78 is 44.9. The Bertz CT molecular complexity index is 1470. The molecule has 0 aromatic heterocycles. The molecule has 0 spiro atoms. The normalized spacial score (nSPS) is 12.2. The molecule has 0 unspecified atom stereocenters. The van der Waals surface area contributed by atoms with Gasteiger partial charge in [0.25, 0.3) is 10.0 Å². The number of carbonyl (C=O) groups is 2. The Hall–Kier alpha value is -4.25. The van der Waals surface area contributed by atoms with Gasteiger partial charge in [-0.3, -0.25) is 13.9 Å². The molecule has 0 saturated heterocycles. The molecule has 0 aliphatic carbocycles. The maximum absolute atomic E-state index is 14.1. The molecular formula is C31H39N3O7S. The van der Waals surface area contributed by atoms with E-state index in [1.165, 1.54) is 37.3 Å². The minimum Gasteiger partial charge on any atom is -0.497 e. The molecule has 3 rings (SSSR count). The minimum absolute atomic E-state index is 0.00723. The van der Waals surface area contributed by atoms with E-state index in [-0.39, 0.29) is 23.0 Å². The molecule has 1 atom stereocenters. The number of rotatable bonds is 12. The van der Waals surface area contributed by atoms with Crippen LogP contribution in [0.25, 0.3) is 0 Å². The minimum atomic E-state index is -4.21. The maximum Gasteiger partial charge on any atom is 0.264 e. The number of ether oxygens (including phenoxy) is 3. The molecule has 0 radical (unpaired) electrons. The van der Waals surface area contributed by atoms with Crippen LogP contribution in [0.2, 0.25) is 0 Å². The van der Waals surface area contributed by atoms with E-state index >= 15 is 0 Å². The Morgan fingerprint density at radius 1 is 0.857 bits per heavy atom. The zero-order chi connectivity index (χ0) is 31.1. The van der Waals surface area contributed by atoms with Crippen molar-refractivity contribution in [2.45, 2.75) is 50.7 Å². The van der Waals surface area contributed by atoms with Crippen molar-refractivity contribution < 1.29 is 32.2 Å². The lowest BCUT2D eigenvalue weighted by Crippen LogP contribution is -2.54. The molecule has 0 saturated carbocycles. The first-order chi connectivity index (χ1) is 19.8. The van der Waals surface area contributed by atoms with Gasteiger partial charge >= 0.3 is 0 Å². The van der Waals surface area contributed by atoms with Gasteiger partial charge in [-0.25, -0.2) is 8.42 Å². The molecule has 3 aromatic carbocycles. The smallest absolute Gasteiger partial charge is 0.264 e. The van der Waals surface area contributed by atoms with E-state index in [4.69, 9.17) is 14.2 Å². The SMILES string of the molecule is COc1ccc(CN(C(=O)CN(c2ccc(OC)c(OC)c2)S(=O)(=O)c2ccccc2)[C@H](C)C(=O)NC(C)(C)C)cc1. The molecule has 0 aliphatic heterocycles. The van der Waals surface area contributed by atoms with Crippen LogP contribution in [-0.4, -0.2) is 64.6 Å². The van der Waals surface area contributed by atoms with Gasteiger partial charge in [0.05, 0.1) is 31.9 Å². The van der Waals surface area contributed by atoms with Gasteiger partial charge in [-0.1, -0.05) is 30.3 Å². The van der Waals surface area contributed by atoms with Crippen molar-refractivity contribution in [3.05, 3.63) is 78.4 Å². The predicted octanol–water partition coefficient (Wildman–Crippen LogP) is 4.24. The molecule has 0 heterocycles. The van der Waals surface area contributed by atoms with Crippen molar-refractivity contribution in [1.29, 1.82) is 0 Å². The van der Waals surface area contributed by atoms with E-state index in [1.807, 2.05) is 20.8 Å². The summed E-state index contributed by atoms with van der Waals surface area (Å²) in [5.74, 6) is 0.398. The lowest BCUT2D eigenvalue weighted by atomic mass is 10.1. The highest BCUT2D eigenvalue weighted by molar-refractivity contribution is 7.92. The highest BCUT2D eigenvalue weighted by Crippen LogP contribution is 2.34. The van der Waals surface area contributed by atoms with E-state index in [0.29, 0.717) is 17.2 Å². The fourth-order valence-electron chi connectivity index (χ4n) is 4.21. The summed E-state index contributed by atoms with van der Waals surface area (Å²) in [6, 6.07) is 18.6. The van der Waals surface area contributed by atoms with Gasteiger partial charge in [0.1, 0.15) is 18.3 Å². The third kappa shape index (κ3) is 7.94. The van der Waals surface area contributed by atoms with Crippen LogP contribution in [0, 0.1) is 0 Å². The van der Waals surface area contributed by atoms with Crippen LogP contribution < -0.4 is 23.8 Å². The fraction of sp³-hybridized carbons (Fsp3) is 0.355. The topological polar surface area (TPSA) is 114 Å². The molecule has 0 aliphatic rings. The monoisotopic (exact) mass is 597 g/mol. The number of benzene rings is 3. The van der Waals surface area contributed by atoms with Gasteiger partial charge in [-0.2, -0.15) is 0 Å². The quantitative estimate of drug-likeness (QED) is 0.332. The highest BCUT2D eigenvalue weighted by Gasteiger charge is 2.33. The molecule has 3 aromatic rings. The second-order valence-corrected chi connectivity index (χ2v) is 12.5. The van der Waals surface area contributed by atoms with Gasteiger partial charge in [0.2, 0.25) is 11.8 Å². The van der Waals surface area contributed by atoms with Crippen LogP contribution in [0.3, 0.4) is 0 Å². The standard InChI is InChI=1S/C31H39N3O7S/c1-22(30(36)32-31(2,3)4)33(20-23-13-16-25(39-5)17-14-23)29(35)21-34(42(37,38)26-11-9-8-10-12-26)24-15-18-27(40-6)28(19-24)41-7/h8-19,22H,20-21H2,1-7H3,(H,32,36)/t22-/m1/s1. The Morgan fingerprint density at radius 3 is 2.02 bits per heavy atom. The van der Waals surface area contributed by atoms with E-state index in [2.05, 4.69) is 5.32 Å². The van der Waals surface area contributed by atoms with Gasteiger partial charge in [0.15, 0.2) is 11.5 Å². The zero-order valence-electron chi connectivity index (χ0n) is 25.1. The van der Waals surface area contributed by atoms with Gasteiger partial charge in [-0.05, 0) is 69.7 Å². The van der Waals surface area contributed by atoms with Crippen molar-refractivity contribution in [3.63, 3.8) is 0 Å². The van der Waals surface area contributed by atoms with Crippen LogP contribution in [0.5, 0.6) is 17.2 Å². The lowest BCUT2D eigenvalue weighted by Gasteiger charge is -2.33. The summed E-state index contributed by atoms with van der Waals surface area (Å²) >= 11 is 0. The van der Waals surface area contributed by atoms with Crippen LogP contribution in [0.15, 0.2) is 77.7 Å². The van der Waals surface area contributed by atoms with Gasteiger partial charge < -0.3 is 24.4 Å². The number of nitrogens with zero attached hydrogens (tertiary/aromatic N) is 2. The first-order valence-corrected chi connectivity index (χ1v) is 14.8. The third-order valence-corrected chi connectivity index (χ3v) is 8.23. The maximum atomic E-state index is 14.1. The number of nitrogens with one attached hydrogen (secondary N) is 1. The van der Waals surface area contributed by atoms with Crippen molar-refractivity contribution >= 4 is 27.5 Å². The second kappa shape index (κ2) is 13.6. The Labute approximate surface area is 248 Å². The number of sulfonamides is 1. The number of amides is 2. The third-order valence-electron chi connectivity index (χ3n) is 6.44. The van der Waals surface area contributed by atoms with Crippen molar-refractivity contribution in [3.8, 4) is 17.2 Å². The Morgan fingerprint density at radius 2 is 1.48 bits per heavy atom. The van der Waals surface area contributed by atoms with Gasteiger partial charge in [-0.15, -0.1) is 0 Å². The molecule has 2 amide bonds. The molecule has 1 N–H and O–H groups in total. The fourth-order valence-corrected chi connectivity index (χ4v) is 5.64. The van der Waals surface area contributed by atoms with Gasteiger partial charge in [0, 0.05) is 18.2 Å². The highest BCUT2D eigenvalue weighted by atomic mass is 32.2. The largest absolute Gasteiger partial charge is 0.497 e. The summed E-state index contributed by atoms with van der Waals surface area (Å²) in [6.45, 7) is 6.65. The van der Waals surface area contributed by atoms with Crippen molar-refractivity contribution in [2.75, 3.05) is 32.2 Å². The van der Waals surface area contributed by atoms with Crippen molar-refractivity contribution in [2.24, 2.45) is 0 Å². The summed E-state index contributed by atoms with van der Waals surface area (Å²) in [4.78, 5) is 28.7. The molecule has 0 fully saturated rings. The summed E-state index contributed by atoms with van der Waals surface area (Å²) in [5.41, 5.74) is 0.395. The average molecular weight is 598 g/mol. The first kappa shape index (κ1) is 32.3. The molecule has 226 valence electrons. The molecule has 11 heteroatoms. The Balaban J connectivity index is 2.08. The molecule has 0 bridgehead atoms. The number of anilines is 1. The van der Waals surface area contributed by atoms with E-state index in [9.17, 15) is 18.0 Å². The first-order valence-electron chi connectivity index (χ1n) is 13.3. The number of methoxy groups -OCH3 is 3. The van der Waals surface area contributed by atoms with Crippen LogP contribution in [-0.2, 0) is 26.2 Å². The van der Waals surface area contributed by atoms with E-state index in [1.54, 1.807) is 68.6 Å². The number of carbonyl (C=O) groups excluding carboxylic acids is 2. The molecule has 42 heavy (non-hydrogen) atoms. The van der Waals surface area contributed by atoms with Crippen LogP contribution >= 0.6 is 0 Å². The number of hydrogen-bond acceptors (Lipinski definition) is 7. The summed E-state index contributed by atoms with van der Waals surface area (Å²) in [7, 11) is 0.256. The van der Waals surface area contributed by atoms with E-state index in [0.717, 1.165) is 9.87 Å². The van der Waals surface area contributed by atoms with E-state index < -0.39 is 34.1 Å². The lowest BCUT2D eigenvalue weighted by molar-refractivity contribution is -0.140. The van der Waals surface area contributed by atoms with Crippen molar-refractivity contribution in [1.82, 2.24) is 10.2 Å². The zero-order valence-corrected chi connectivity index (χ0v) is 25.9. The average Bonchev–Trinajstić information content (AvgIpc) is 2.97. The summed E-state index contributed by atoms with van der Waals surface area (Å²) in [6.07, 6.45) is 0. The summed E-state index contributed by atoms with van der Waals surface area (Å²) in [5, 5.41) is 2.91. The predicted molar refractivity (Wildman–Crippen MR) is 161 cm³/mol. The Kier molecular flexibility index (Phi) is 10.5. The second-order valence-electron chi connectivity index (χ2n) is 10.6. The molecular weight excluding hydrogens is 558 g/mol.